The largest absolute Gasteiger partial charge is 0.265 e. The number of nitrogens with zero attached hydrogens (tertiary/aromatic N) is 3. The quantitative estimate of drug-likeness (QED) is 0.793. The number of rotatable bonds is 3. The lowest BCUT2D eigenvalue weighted by Gasteiger charge is -2.15. The fourth-order valence-corrected chi connectivity index (χ4v) is 3.72. The molecule has 0 bridgehead atoms. The van der Waals surface area contributed by atoms with Gasteiger partial charge in [-0.05, 0) is 55.0 Å². The van der Waals surface area contributed by atoms with E-state index < -0.39 is 0 Å². The Morgan fingerprint density at radius 1 is 1.09 bits per heavy atom. The molecule has 2 aromatic heterocycles. The fraction of sp³-hybridized carbons (Fsp3) is 0.389. The van der Waals surface area contributed by atoms with Crippen LogP contribution in [-0.2, 0) is 18.6 Å². The Bertz CT molecular complexity index is 677. The van der Waals surface area contributed by atoms with Crippen molar-refractivity contribution in [1.29, 1.82) is 5.26 Å². The van der Waals surface area contributed by atoms with Crippen LogP contribution in [0.15, 0.2) is 35.6 Å². The highest BCUT2D eigenvalue weighted by molar-refractivity contribution is 7.98. The number of nitriles is 1. The second-order valence-corrected chi connectivity index (χ2v) is 6.58. The molecule has 0 saturated heterocycles. The number of aromatic nitrogens is 2. The first-order valence-corrected chi connectivity index (χ1v) is 8.80. The van der Waals surface area contributed by atoms with Crippen molar-refractivity contribution in [3.05, 3.63) is 53.0 Å². The van der Waals surface area contributed by atoms with Crippen molar-refractivity contribution in [1.82, 2.24) is 9.97 Å². The molecule has 2 aromatic rings. The van der Waals surface area contributed by atoms with E-state index in [0.29, 0.717) is 0 Å². The van der Waals surface area contributed by atoms with Gasteiger partial charge in [0.05, 0.1) is 5.56 Å². The molecule has 0 radical (unpaired) electrons. The number of pyridine rings is 2. The molecule has 0 fully saturated rings. The lowest BCUT2D eigenvalue weighted by molar-refractivity contribution is 0.605. The van der Waals surface area contributed by atoms with Crippen molar-refractivity contribution in [3.8, 4) is 6.07 Å². The van der Waals surface area contributed by atoms with E-state index in [4.69, 9.17) is 4.98 Å². The van der Waals surface area contributed by atoms with Crippen LogP contribution in [-0.4, -0.2) is 9.97 Å². The Balaban J connectivity index is 1.83. The van der Waals surface area contributed by atoms with Crippen LogP contribution >= 0.6 is 11.8 Å². The van der Waals surface area contributed by atoms with Crippen LogP contribution in [0.1, 0.15) is 48.1 Å². The summed E-state index contributed by atoms with van der Waals surface area (Å²) in [6.07, 6.45) is 10.7. The average Bonchev–Trinajstić information content (AvgIpc) is 2.54. The lowest BCUT2D eigenvalue weighted by Crippen LogP contribution is -2.05. The molecule has 22 heavy (non-hydrogen) atoms. The van der Waals surface area contributed by atoms with E-state index in [1.165, 1.54) is 42.5 Å². The van der Waals surface area contributed by atoms with Gasteiger partial charge in [-0.25, -0.2) is 4.98 Å². The molecule has 1 aliphatic rings. The smallest absolute Gasteiger partial charge is 0.114 e. The van der Waals surface area contributed by atoms with Crippen LogP contribution in [0.3, 0.4) is 0 Å². The van der Waals surface area contributed by atoms with E-state index in [9.17, 15) is 5.26 Å². The number of hydrogen-bond acceptors (Lipinski definition) is 4. The molecular weight excluding hydrogens is 290 g/mol. The van der Waals surface area contributed by atoms with Gasteiger partial charge >= 0.3 is 0 Å². The summed E-state index contributed by atoms with van der Waals surface area (Å²) in [5.74, 6) is 0.822. The van der Waals surface area contributed by atoms with Crippen LogP contribution < -0.4 is 0 Å². The summed E-state index contributed by atoms with van der Waals surface area (Å²) in [5.41, 5.74) is 4.41. The third-order valence-corrected chi connectivity index (χ3v) is 5.07. The summed E-state index contributed by atoms with van der Waals surface area (Å²) in [6, 6.07) is 8.41. The summed E-state index contributed by atoms with van der Waals surface area (Å²) in [4.78, 5) is 8.86. The Hall–Kier alpha value is -1.86. The van der Waals surface area contributed by atoms with E-state index in [-0.39, 0.29) is 0 Å². The van der Waals surface area contributed by atoms with Gasteiger partial charge in [0, 0.05) is 23.8 Å². The summed E-state index contributed by atoms with van der Waals surface area (Å²) < 4.78 is 0. The zero-order valence-corrected chi connectivity index (χ0v) is 13.4. The van der Waals surface area contributed by atoms with Gasteiger partial charge in [-0.1, -0.05) is 12.8 Å². The number of aryl methyl sites for hydroxylation is 2. The molecule has 3 nitrogen and oxygen atoms in total. The second-order valence-electron chi connectivity index (χ2n) is 5.62. The first-order valence-electron chi connectivity index (χ1n) is 7.81. The monoisotopic (exact) mass is 309 g/mol. The van der Waals surface area contributed by atoms with Crippen molar-refractivity contribution in [3.63, 3.8) is 0 Å². The molecule has 0 aliphatic heterocycles. The van der Waals surface area contributed by atoms with Crippen molar-refractivity contribution in [2.75, 3.05) is 0 Å². The van der Waals surface area contributed by atoms with Crippen molar-refractivity contribution < 1.29 is 0 Å². The molecule has 0 amide bonds. The zero-order valence-electron chi connectivity index (χ0n) is 12.6. The maximum absolute atomic E-state index is 9.43. The SMILES string of the molecule is N#Cc1cc2c(nc1SCc1ccncc1)CCCCCC2. The minimum atomic E-state index is 0.721. The van der Waals surface area contributed by atoms with Crippen molar-refractivity contribution in [2.24, 2.45) is 0 Å². The first-order chi connectivity index (χ1) is 10.9. The van der Waals surface area contributed by atoms with Crippen LogP contribution in [0.2, 0.25) is 0 Å². The van der Waals surface area contributed by atoms with Crippen LogP contribution in [0.4, 0.5) is 0 Å². The predicted octanol–water partition coefficient (Wildman–Crippen LogP) is 4.30. The standard InChI is InChI=1S/C18H19N3S/c19-12-16-11-15-5-3-1-2-4-6-17(15)21-18(16)22-13-14-7-9-20-10-8-14/h7-11H,1-6,13H2. The molecular formula is C18H19N3S. The average molecular weight is 309 g/mol. The van der Waals surface area contributed by atoms with Crippen LogP contribution in [0, 0.1) is 11.3 Å². The topological polar surface area (TPSA) is 49.6 Å². The third-order valence-electron chi connectivity index (χ3n) is 4.01. The first kappa shape index (κ1) is 15.1. The zero-order chi connectivity index (χ0) is 15.2. The van der Waals surface area contributed by atoms with E-state index in [2.05, 4.69) is 17.1 Å². The highest BCUT2D eigenvalue weighted by Gasteiger charge is 2.14. The molecule has 0 saturated carbocycles. The van der Waals surface area contributed by atoms with E-state index >= 15 is 0 Å². The molecule has 2 heterocycles. The summed E-state index contributed by atoms with van der Waals surface area (Å²) >= 11 is 1.65. The molecule has 0 atom stereocenters. The minimum Gasteiger partial charge on any atom is -0.265 e. The normalized spacial score (nSPS) is 14.5. The van der Waals surface area contributed by atoms with E-state index in [1.54, 1.807) is 24.2 Å². The molecule has 3 rings (SSSR count). The molecule has 0 N–H and O–H groups in total. The Morgan fingerprint density at radius 2 is 1.86 bits per heavy atom. The van der Waals surface area contributed by atoms with Gasteiger partial charge in [-0.15, -0.1) is 11.8 Å². The molecule has 4 heteroatoms. The maximum atomic E-state index is 9.43. The number of fused-ring (bicyclic) bond motifs is 1. The van der Waals surface area contributed by atoms with Gasteiger partial charge in [-0.3, -0.25) is 4.98 Å². The molecule has 0 spiro atoms. The van der Waals surface area contributed by atoms with Crippen molar-refractivity contribution >= 4 is 11.8 Å². The van der Waals surface area contributed by atoms with Gasteiger partial charge in [0.25, 0.3) is 0 Å². The molecule has 0 unspecified atom stereocenters. The van der Waals surface area contributed by atoms with Gasteiger partial charge in [0.1, 0.15) is 11.1 Å². The third kappa shape index (κ3) is 3.66. The van der Waals surface area contributed by atoms with E-state index in [1.807, 2.05) is 12.1 Å². The predicted molar refractivity (Wildman–Crippen MR) is 88.6 cm³/mol. The Labute approximate surface area is 135 Å². The van der Waals surface area contributed by atoms with Crippen LogP contribution in [0.25, 0.3) is 0 Å². The van der Waals surface area contributed by atoms with Crippen LogP contribution in [0.5, 0.6) is 0 Å². The second kappa shape index (κ2) is 7.42. The summed E-state index contributed by atoms with van der Waals surface area (Å²) in [6.45, 7) is 0. The highest BCUT2D eigenvalue weighted by Crippen LogP contribution is 2.28. The van der Waals surface area contributed by atoms with E-state index in [0.717, 1.165) is 29.2 Å². The van der Waals surface area contributed by atoms with Gasteiger partial charge < -0.3 is 0 Å². The van der Waals surface area contributed by atoms with Gasteiger partial charge in [0.15, 0.2) is 0 Å². The molecule has 0 aromatic carbocycles. The fourth-order valence-electron chi connectivity index (χ4n) is 2.79. The number of thioether (sulfide) groups is 1. The lowest BCUT2D eigenvalue weighted by atomic mass is 9.96. The maximum Gasteiger partial charge on any atom is 0.114 e. The van der Waals surface area contributed by atoms with Gasteiger partial charge in [-0.2, -0.15) is 5.26 Å². The highest BCUT2D eigenvalue weighted by atomic mass is 32.2. The summed E-state index contributed by atoms with van der Waals surface area (Å²) in [5, 5.41) is 10.3. The Morgan fingerprint density at radius 3 is 2.64 bits per heavy atom. The Kier molecular flexibility index (Phi) is 5.07. The molecule has 1 aliphatic carbocycles. The van der Waals surface area contributed by atoms with Gasteiger partial charge in [0.2, 0.25) is 0 Å². The molecule has 112 valence electrons. The summed E-state index contributed by atoms with van der Waals surface area (Å²) in [7, 11) is 0. The minimum absolute atomic E-state index is 0.721. The van der Waals surface area contributed by atoms with Crippen molar-refractivity contribution in [2.45, 2.75) is 49.3 Å². The number of hydrogen-bond donors (Lipinski definition) is 0.